The van der Waals surface area contributed by atoms with E-state index in [0.29, 0.717) is 0 Å². The average molecular weight is 204 g/mol. The molecule has 0 aliphatic heterocycles. The summed E-state index contributed by atoms with van der Waals surface area (Å²) in [6, 6.07) is 7.72. The molecule has 68 valence electrons. The highest BCUT2D eigenvalue weighted by Gasteiger charge is 1.90. The summed E-state index contributed by atoms with van der Waals surface area (Å²) in [4.78, 5) is 1.13. The average Bonchev–Trinajstić information content (AvgIpc) is 2.09. The molecule has 0 aliphatic carbocycles. The lowest BCUT2D eigenvalue weighted by molar-refractivity contribution is 1.28. The van der Waals surface area contributed by atoms with Crippen LogP contribution in [-0.2, 0) is 0 Å². The minimum absolute atomic E-state index is 0.778. The van der Waals surface area contributed by atoms with Gasteiger partial charge >= 0.3 is 0 Å². The van der Waals surface area contributed by atoms with Gasteiger partial charge in [0.15, 0.2) is 0 Å². The van der Waals surface area contributed by atoms with Gasteiger partial charge in [0.05, 0.1) is 0 Å². The minimum atomic E-state index is 0.778. The highest BCUT2D eigenvalue weighted by molar-refractivity contribution is 7.97. The van der Waals surface area contributed by atoms with Gasteiger partial charge in [-0.25, -0.2) is 0 Å². The number of nitrogens with one attached hydrogen (secondary N) is 1. The van der Waals surface area contributed by atoms with E-state index in [1.807, 2.05) is 45.2 Å². The third kappa shape index (κ3) is 4.65. The van der Waals surface area contributed by atoms with Crippen LogP contribution in [0.2, 0.25) is 5.02 Å². The van der Waals surface area contributed by atoms with Crippen LogP contribution in [0.25, 0.3) is 0 Å². The van der Waals surface area contributed by atoms with Crippen molar-refractivity contribution in [2.75, 3.05) is 7.05 Å². The predicted octanol–water partition coefficient (Wildman–Crippen LogP) is 3.59. The molecule has 12 heavy (non-hydrogen) atoms. The summed E-state index contributed by atoms with van der Waals surface area (Å²) in [5.74, 6) is 0. The molecule has 1 N–H and O–H groups in total. The summed E-state index contributed by atoms with van der Waals surface area (Å²) < 4.78 is 2.97. The van der Waals surface area contributed by atoms with Gasteiger partial charge in [0.2, 0.25) is 0 Å². The molecule has 0 spiro atoms. The van der Waals surface area contributed by atoms with Crippen LogP contribution >= 0.6 is 23.5 Å². The van der Waals surface area contributed by atoms with Crippen LogP contribution in [0, 0.1) is 0 Å². The lowest BCUT2D eigenvalue weighted by Gasteiger charge is -1.97. The molecule has 0 saturated heterocycles. The molecule has 0 amide bonds. The Labute approximate surface area is 83.6 Å². The lowest BCUT2D eigenvalue weighted by atomic mass is 10.4. The van der Waals surface area contributed by atoms with Crippen molar-refractivity contribution in [3.8, 4) is 0 Å². The fourth-order valence-corrected chi connectivity index (χ4v) is 1.47. The molecule has 0 radical (unpaired) electrons. The monoisotopic (exact) mass is 203 g/mol. The molecular weight excluding hydrogens is 190 g/mol. The zero-order valence-corrected chi connectivity index (χ0v) is 9.17. The molecule has 0 bridgehead atoms. The van der Waals surface area contributed by atoms with E-state index in [-0.39, 0.29) is 0 Å². The number of rotatable bonds is 2. The Morgan fingerprint density at radius 3 is 2.50 bits per heavy atom. The molecule has 1 nitrogen and oxygen atoms in total. The first-order chi connectivity index (χ1) is 5.83. The fourth-order valence-electron chi connectivity index (χ4n) is 0.648. The van der Waals surface area contributed by atoms with Crippen LogP contribution in [0.15, 0.2) is 29.2 Å². The van der Waals surface area contributed by atoms with Crippen LogP contribution in [-0.4, -0.2) is 7.05 Å². The van der Waals surface area contributed by atoms with Crippen LogP contribution in [0.3, 0.4) is 0 Å². The van der Waals surface area contributed by atoms with E-state index < -0.39 is 0 Å². The summed E-state index contributed by atoms with van der Waals surface area (Å²) in [7, 11) is 1.88. The van der Waals surface area contributed by atoms with E-state index in [1.54, 1.807) is 11.9 Å². The SMILES string of the molecule is CC.CNSc1cccc(Cl)c1. The fraction of sp³-hybridized carbons (Fsp3) is 0.333. The molecule has 0 saturated carbocycles. The third-order valence-corrected chi connectivity index (χ3v) is 1.94. The van der Waals surface area contributed by atoms with E-state index in [1.165, 1.54) is 0 Å². The Morgan fingerprint density at radius 2 is 2.00 bits per heavy atom. The standard InChI is InChI=1S/C7H8ClNS.C2H6/c1-9-10-7-4-2-3-6(8)5-7;1-2/h2-5,9H,1H3;1-2H3. The Bertz CT molecular complexity index is 215. The normalized spacial score (nSPS) is 8.67. The van der Waals surface area contributed by atoms with Gasteiger partial charge in [0.25, 0.3) is 0 Å². The van der Waals surface area contributed by atoms with Crippen LogP contribution in [0.5, 0.6) is 0 Å². The van der Waals surface area contributed by atoms with E-state index in [9.17, 15) is 0 Å². The van der Waals surface area contributed by atoms with Crippen molar-refractivity contribution in [3.63, 3.8) is 0 Å². The Balaban J connectivity index is 0.000000561. The summed E-state index contributed by atoms with van der Waals surface area (Å²) in [6.45, 7) is 4.00. The topological polar surface area (TPSA) is 12.0 Å². The van der Waals surface area contributed by atoms with Gasteiger partial charge in [-0.05, 0) is 37.2 Å². The van der Waals surface area contributed by atoms with E-state index in [0.717, 1.165) is 9.92 Å². The van der Waals surface area contributed by atoms with Gasteiger partial charge in [-0.1, -0.05) is 31.5 Å². The van der Waals surface area contributed by atoms with Crippen molar-refractivity contribution < 1.29 is 0 Å². The van der Waals surface area contributed by atoms with E-state index in [4.69, 9.17) is 11.6 Å². The summed E-state index contributed by atoms with van der Waals surface area (Å²) >= 11 is 7.29. The van der Waals surface area contributed by atoms with Gasteiger partial charge in [0.1, 0.15) is 0 Å². The summed E-state index contributed by atoms with van der Waals surface area (Å²) in [5.41, 5.74) is 0. The van der Waals surface area contributed by atoms with Crippen LogP contribution in [0.1, 0.15) is 13.8 Å². The molecule has 1 aromatic rings. The molecule has 1 rings (SSSR count). The highest BCUT2D eigenvalue weighted by atomic mass is 35.5. The minimum Gasteiger partial charge on any atom is -0.263 e. The zero-order valence-electron chi connectivity index (χ0n) is 7.60. The first kappa shape index (κ1) is 11.8. The maximum absolute atomic E-state index is 5.74. The molecular formula is C9H14ClNS. The largest absolute Gasteiger partial charge is 0.263 e. The van der Waals surface area contributed by atoms with Crippen molar-refractivity contribution >= 4 is 23.5 Å². The van der Waals surface area contributed by atoms with E-state index >= 15 is 0 Å². The first-order valence-corrected chi connectivity index (χ1v) is 5.11. The summed E-state index contributed by atoms with van der Waals surface area (Å²) in [5, 5.41) is 0.778. The number of hydrogen-bond acceptors (Lipinski definition) is 2. The Morgan fingerprint density at radius 1 is 1.33 bits per heavy atom. The molecule has 3 heteroatoms. The molecule has 1 aromatic carbocycles. The van der Waals surface area contributed by atoms with Gasteiger partial charge in [-0.15, -0.1) is 0 Å². The lowest BCUT2D eigenvalue weighted by Crippen LogP contribution is -1.89. The quantitative estimate of drug-likeness (QED) is 0.738. The molecule has 0 atom stereocenters. The molecule has 0 fully saturated rings. The van der Waals surface area contributed by atoms with Gasteiger partial charge in [-0.3, -0.25) is 4.72 Å². The van der Waals surface area contributed by atoms with Crippen molar-refractivity contribution in [3.05, 3.63) is 29.3 Å². The van der Waals surface area contributed by atoms with Crippen molar-refractivity contribution in [2.45, 2.75) is 18.7 Å². The number of halogens is 1. The van der Waals surface area contributed by atoms with Crippen molar-refractivity contribution in [1.82, 2.24) is 4.72 Å². The molecule has 0 aliphatic rings. The van der Waals surface area contributed by atoms with Crippen LogP contribution in [0.4, 0.5) is 0 Å². The second-order valence-electron chi connectivity index (χ2n) is 1.76. The van der Waals surface area contributed by atoms with Gasteiger partial charge < -0.3 is 0 Å². The maximum Gasteiger partial charge on any atom is 0.0417 e. The van der Waals surface area contributed by atoms with Crippen molar-refractivity contribution in [2.24, 2.45) is 0 Å². The summed E-state index contributed by atoms with van der Waals surface area (Å²) in [6.07, 6.45) is 0. The Hall–Kier alpha value is -0.180. The number of hydrogen-bond donors (Lipinski definition) is 1. The molecule has 0 heterocycles. The number of benzene rings is 1. The van der Waals surface area contributed by atoms with E-state index in [2.05, 4.69) is 4.72 Å². The smallest absolute Gasteiger partial charge is 0.0417 e. The highest BCUT2D eigenvalue weighted by Crippen LogP contribution is 2.17. The van der Waals surface area contributed by atoms with Gasteiger partial charge in [0, 0.05) is 9.92 Å². The second kappa shape index (κ2) is 7.47. The second-order valence-corrected chi connectivity index (χ2v) is 3.28. The van der Waals surface area contributed by atoms with Gasteiger partial charge in [-0.2, -0.15) is 0 Å². The van der Waals surface area contributed by atoms with Crippen LogP contribution < -0.4 is 4.72 Å². The zero-order chi connectivity index (χ0) is 9.40. The van der Waals surface area contributed by atoms with Crippen molar-refractivity contribution in [1.29, 1.82) is 0 Å². The molecule has 0 unspecified atom stereocenters. The maximum atomic E-state index is 5.74. The first-order valence-electron chi connectivity index (χ1n) is 3.92. The molecule has 0 aromatic heterocycles. The third-order valence-electron chi connectivity index (χ3n) is 1.02. The Kier molecular flexibility index (Phi) is 7.36. The predicted molar refractivity (Wildman–Crippen MR) is 57.7 cm³/mol.